The average molecular weight is 331 g/mol. The lowest BCUT2D eigenvalue weighted by atomic mass is 9.89. The number of nitrogens with two attached hydrogens (primary N) is 1. The van der Waals surface area contributed by atoms with Gasteiger partial charge in [0.1, 0.15) is 4.90 Å². The van der Waals surface area contributed by atoms with Gasteiger partial charge in [-0.2, -0.15) is 0 Å². The Morgan fingerprint density at radius 1 is 1.29 bits per heavy atom. The van der Waals surface area contributed by atoms with Gasteiger partial charge in [-0.15, -0.1) is 0 Å². The molecular weight excluding hydrogens is 308 g/mol. The first-order valence-electron chi connectivity index (χ1n) is 7.34. The maximum absolute atomic E-state index is 12.7. The molecular formula is C15H23ClN2O2S. The van der Waals surface area contributed by atoms with Crippen LogP contribution in [0.25, 0.3) is 0 Å². The molecule has 21 heavy (non-hydrogen) atoms. The summed E-state index contributed by atoms with van der Waals surface area (Å²) in [6, 6.07) is 3.07. The normalized spacial score (nSPS) is 17.3. The standard InChI is InChI=1S/C15H23ClN2O2S/c1-11-8-13(16)15(9-14(11)17)21(19,20)18(2)10-12-6-4-3-5-7-12/h8-9,12H,3-7,10,17H2,1-2H3. The molecule has 1 aliphatic carbocycles. The van der Waals surface area contributed by atoms with Gasteiger partial charge in [-0.25, -0.2) is 12.7 Å². The number of aryl methyl sites for hydroxylation is 1. The van der Waals surface area contributed by atoms with Gasteiger partial charge >= 0.3 is 0 Å². The zero-order valence-electron chi connectivity index (χ0n) is 12.6. The molecule has 0 spiro atoms. The summed E-state index contributed by atoms with van der Waals surface area (Å²) >= 11 is 6.11. The third-order valence-corrected chi connectivity index (χ3v) is 6.54. The van der Waals surface area contributed by atoms with E-state index >= 15 is 0 Å². The maximum Gasteiger partial charge on any atom is 0.244 e. The van der Waals surface area contributed by atoms with E-state index < -0.39 is 10.0 Å². The summed E-state index contributed by atoms with van der Waals surface area (Å²) in [5, 5.41) is 0.234. The number of rotatable bonds is 4. The summed E-state index contributed by atoms with van der Waals surface area (Å²) in [5.74, 6) is 0.445. The molecule has 0 atom stereocenters. The molecule has 0 heterocycles. The van der Waals surface area contributed by atoms with E-state index in [2.05, 4.69) is 0 Å². The summed E-state index contributed by atoms with van der Waals surface area (Å²) < 4.78 is 26.8. The Hall–Kier alpha value is -0.780. The van der Waals surface area contributed by atoms with Gasteiger partial charge in [-0.1, -0.05) is 30.9 Å². The van der Waals surface area contributed by atoms with Crippen molar-refractivity contribution in [1.29, 1.82) is 0 Å². The largest absolute Gasteiger partial charge is 0.398 e. The minimum atomic E-state index is -3.59. The van der Waals surface area contributed by atoms with Crippen LogP contribution in [0.1, 0.15) is 37.7 Å². The first-order chi connectivity index (χ1) is 9.82. The Morgan fingerprint density at radius 2 is 1.90 bits per heavy atom. The van der Waals surface area contributed by atoms with E-state index in [-0.39, 0.29) is 9.92 Å². The van der Waals surface area contributed by atoms with Crippen molar-refractivity contribution in [3.8, 4) is 0 Å². The van der Waals surface area contributed by atoms with Crippen LogP contribution in [0.4, 0.5) is 5.69 Å². The van der Waals surface area contributed by atoms with Gasteiger partial charge in [-0.05, 0) is 43.4 Å². The van der Waals surface area contributed by atoms with Crippen LogP contribution in [0.2, 0.25) is 5.02 Å². The fraction of sp³-hybridized carbons (Fsp3) is 0.600. The third kappa shape index (κ3) is 3.71. The molecule has 1 saturated carbocycles. The van der Waals surface area contributed by atoms with Crippen molar-refractivity contribution in [1.82, 2.24) is 4.31 Å². The van der Waals surface area contributed by atoms with Gasteiger partial charge in [0.25, 0.3) is 0 Å². The summed E-state index contributed by atoms with van der Waals surface area (Å²) in [5.41, 5.74) is 7.06. The lowest BCUT2D eigenvalue weighted by molar-refractivity contribution is 0.300. The quantitative estimate of drug-likeness (QED) is 0.860. The van der Waals surface area contributed by atoms with Crippen LogP contribution in [0.3, 0.4) is 0 Å². The Labute approximate surface area is 132 Å². The molecule has 1 fully saturated rings. The first kappa shape index (κ1) is 16.6. The predicted molar refractivity (Wildman–Crippen MR) is 87.0 cm³/mol. The topological polar surface area (TPSA) is 63.4 Å². The fourth-order valence-electron chi connectivity index (χ4n) is 2.87. The second-order valence-corrected chi connectivity index (χ2v) is 8.35. The van der Waals surface area contributed by atoms with Gasteiger partial charge in [0.2, 0.25) is 10.0 Å². The van der Waals surface area contributed by atoms with E-state index in [4.69, 9.17) is 17.3 Å². The minimum Gasteiger partial charge on any atom is -0.398 e. The number of nitrogen functional groups attached to an aromatic ring is 1. The molecule has 1 aromatic carbocycles. The number of sulfonamides is 1. The molecule has 118 valence electrons. The predicted octanol–water partition coefficient (Wildman–Crippen LogP) is 3.43. The fourth-order valence-corrected chi connectivity index (χ4v) is 4.70. The number of hydrogen-bond donors (Lipinski definition) is 1. The highest BCUT2D eigenvalue weighted by atomic mass is 35.5. The zero-order chi connectivity index (χ0) is 15.6. The second-order valence-electron chi connectivity index (χ2n) is 5.93. The van der Waals surface area contributed by atoms with Crippen molar-refractivity contribution in [2.24, 2.45) is 5.92 Å². The van der Waals surface area contributed by atoms with Crippen molar-refractivity contribution in [3.63, 3.8) is 0 Å². The minimum absolute atomic E-state index is 0.102. The molecule has 0 radical (unpaired) electrons. The van der Waals surface area contributed by atoms with E-state index in [9.17, 15) is 8.42 Å². The third-order valence-electron chi connectivity index (χ3n) is 4.25. The van der Waals surface area contributed by atoms with Crippen LogP contribution in [-0.2, 0) is 10.0 Å². The number of benzene rings is 1. The SMILES string of the molecule is Cc1cc(Cl)c(S(=O)(=O)N(C)CC2CCCCC2)cc1N. The van der Waals surface area contributed by atoms with E-state index in [0.29, 0.717) is 18.2 Å². The van der Waals surface area contributed by atoms with Gasteiger partial charge in [0, 0.05) is 19.3 Å². The maximum atomic E-state index is 12.7. The molecule has 0 aliphatic heterocycles. The summed E-state index contributed by atoms with van der Waals surface area (Å²) in [7, 11) is -1.97. The summed E-state index contributed by atoms with van der Waals surface area (Å²) in [6.45, 7) is 2.36. The monoisotopic (exact) mass is 330 g/mol. The van der Waals surface area contributed by atoms with Crippen molar-refractivity contribution < 1.29 is 8.42 Å². The molecule has 1 aromatic rings. The van der Waals surface area contributed by atoms with E-state index in [1.165, 1.54) is 29.6 Å². The van der Waals surface area contributed by atoms with Crippen LogP contribution >= 0.6 is 11.6 Å². The molecule has 2 N–H and O–H groups in total. The van der Waals surface area contributed by atoms with Crippen LogP contribution in [-0.4, -0.2) is 26.3 Å². The molecule has 0 bridgehead atoms. The molecule has 6 heteroatoms. The lowest BCUT2D eigenvalue weighted by Crippen LogP contribution is -2.33. The van der Waals surface area contributed by atoms with Crippen LogP contribution < -0.4 is 5.73 Å². The highest BCUT2D eigenvalue weighted by Crippen LogP contribution is 2.30. The summed E-state index contributed by atoms with van der Waals surface area (Å²) in [4.78, 5) is 0.102. The van der Waals surface area contributed by atoms with Crippen LogP contribution in [0.5, 0.6) is 0 Å². The Morgan fingerprint density at radius 3 is 2.52 bits per heavy atom. The van der Waals surface area contributed by atoms with E-state index in [0.717, 1.165) is 18.4 Å². The second kappa shape index (κ2) is 6.55. The molecule has 0 aromatic heterocycles. The number of nitrogens with zero attached hydrogens (tertiary/aromatic N) is 1. The van der Waals surface area contributed by atoms with Crippen molar-refractivity contribution in [2.45, 2.75) is 43.9 Å². The van der Waals surface area contributed by atoms with Gasteiger partial charge in [-0.3, -0.25) is 0 Å². The van der Waals surface area contributed by atoms with Crippen molar-refractivity contribution in [3.05, 3.63) is 22.7 Å². The Bertz CT molecular complexity index is 610. The van der Waals surface area contributed by atoms with E-state index in [1.54, 1.807) is 13.1 Å². The number of hydrogen-bond acceptors (Lipinski definition) is 3. The molecule has 0 amide bonds. The first-order valence-corrected chi connectivity index (χ1v) is 9.16. The average Bonchev–Trinajstić information content (AvgIpc) is 2.43. The van der Waals surface area contributed by atoms with Gasteiger partial charge in [0.15, 0.2) is 0 Å². The number of halogens is 1. The molecule has 4 nitrogen and oxygen atoms in total. The molecule has 0 saturated heterocycles. The smallest absolute Gasteiger partial charge is 0.244 e. The van der Waals surface area contributed by atoms with Gasteiger partial charge in [0.05, 0.1) is 5.02 Å². The lowest BCUT2D eigenvalue weighted by Gasteiger charge is -2.27. The Kier molecular flexibility index (Phi) is 5.17. The van der Waals surface area contributed by atoms with Crippen LogP contribution in [0, 0.1) is 12.8 Å². The molecule has 0 unspecified atom stereocenters. The van der Waals surface area contributed by atoms with E-state index in [1.807, 2.05) is 6.92 Å². The molecule has 1 aliphatic rings. The highest BCUT2D eigenvalue weighted by Gasteiger charge is 2.27. The summed E-state index contributed by atoms with van der Waals surface area (Å²) in [6.07, 6.45) is 5.84. The Balaban J connectivity index is 2.22. The number of anilines is 1. The zero-order valence-corrected chi connectivity index (χ0v) is 14.2. The van der Waals surface area contributed by atoms with Gasteiger partial charge < -0.3 is 5.73 Å². The highest BCUT2D eigenvalue weighted by molar-refractivity contribution is 7.89. The van der Waals surface area contributed by atoms with Crippen molar-refractivity contribution in [2.75, 3.05) is 19.3 Å². The van der Waals surface area contributed by atoms with Crippen molar-refractivity contribution >= 4 is 27.3 Å². The van der Waals surface area contributed by atoms with Crippen LogP contribution in [0.15, 0.2) is 17.0 Å². The molecule has 2 rings (SSSR count).